The van der Waals surface area contributed by atoms with Gasteiger partial charge in [0.25, 0.3) is 5.91 Å². The molecule has 41 heavy (non-hydrogen) atoms. The lowest BCUT2D eigenvalue weighted by molar-refractivity contribution is -0.134. The van der Waals surface area contributed by atoms with Crippen molar-refractivity contribution in [1.82, 2.24) is 25.1 Å². The van der Waals surface area contributed by atoms with E-state index in [1.54, 1.807) is 23.8 Å². The molecule has 9 nitrogen and oxygen atoms in total. The van der Waals surface area contributed by atoms with E-state index in [1.807, 2.05) is 6.07 Å². The van der Waals surface area contributed by atoms with Gasteiger partial charge in [-0.1, -0.05) is 5.16 Å². The van der Waals surface area contributed by atoms with Crippen molar-refractivity contribution < 1.29 is 31.7 Å². The Balaban J connectivity index is 1.29. The minimum atomic E-state index is -2.75. The van der Waals surface area contributed by atoms with Crippen molar-refractivity contribution in [2.45, 2.75) is 88.5 Å². The van der Waals surface area contributed by atoms with Crippen LogP contribution in [-0.2, 0) is 4.79 Å². The third-order valence-electron chi connectivity index (χ3n) is 8.75. The predicted octanol–water partition coefficient (Wildman–Crippen LogP) is 5.08. The zero-order valence-electron chi connectivity index (χ0n) is 22.6. The van der Waals surface area contributed by atoms with E-state index in [2.05, 4.69) is 15.6 Å². The van der Waals surface area contributed by atoms with Crippen LogP contribution in [-0.4, -0.2) is 43.4 Å². The SMILES string of the molecule is Cc1noc([C@H](c2cn3ncc([C@H](NC(=O)CC4CC(F)(F)C4)C4CC4)cc3n2)C2CCC(F)(F)CC2)c1C(N)=O. The minimum Gasteiger partial charge on any atom is -0.365 e. The summed E-state index contributed by atoms with van der Waals surface area (Å²) in [6.45, 7) is 1.60. The minimum absolute atomic E-state index is 0.0585. The number of imidazole rings is 1. The molecule has 3 aromatic rings. The lowest BCUT2D eigenvalue weighted by atomic mass is 9.75. The summed E-state index contributed by atoms with van der Waals surface area (Å²) in [6, 6.07) is 1.49. The molecule has 220 valence electrons. The molecule has 0 unspecified atom stereocenters. The Morgan fingerprint density at radius 2 is 1.83 bits per heavy atom. The Morgan fingerprint density at radius 3 is 2.46 bits per heavy atom. The molecule has 0 spiro atoms. The summed E-state index contributed by atoms with van der Waals surface area (Å²) in [6.07, 6.45) is 4.53. The smallest absolute Gasteiger partial charge is 0.254 e. The highest BCUT2D eigenvalue weighted by Crippen LogP contribution is 2.47. The Hall–Kier alpha value is -3.51. The van der Waals surface area contributed by atoms with Crippen molar-refractivity contribution in [3.05, 3.63) is 46.7 Å². The third-order valence-corrected chi connectivity index (χ3v) is 8.75. The fourth-order valence-corrected chi connectivity index (χ4v) is 6.44. The van der Waals surface area contributed by atoms with Crippen LogP contribution >= 0.6 is 0 Å². The van der Waals surface area contributed by atoms with Crippen LogP contribution in [0, 0.1) is 24.7 Å². The van der Waals surface area contributed by atoms with Gasteiger partial charge in [-0.05, 0) is 62.0 Å². The van der Waals surface area contributed by atoms with Gasteiger partial charge in [-0.15, -0.1) is 0 Å². The number of carbonyl (C=O) groups excluding carboxylic acids is 2. The molecular weight excluding hydrogens is 544 g/mol. The molecule has 0 saturated heterocycles. The Morgan fingerprint density at radius 1 is 1.12 bits per heavy atom. The van der Waals surface area contributed by atoms with E-state index in [9.17, 15) is 27.2 Å². The quantitative estimate of drug-likeness (QED) is 0.342. The summed E-state index contributed by atoms with van der Waals surface area (Å²) >= 11 is 0. The first-order chi connectivity index (χ1) is 19.4. The third kappa shape index (κ3) is 5.67. The Bertz CT molecular complexity index is 1460. The van der Waals surface area contributed by atoms with Gasteiger partial charge < -0.3 is 15.6 Å². The molecule has 3 aromatic heterocycles. The number of fused-ring (bicyclic) bond motifs is 1. The van der Waals surface area contributed by atoms with E-state index in [-0.39, 0.29) is 86.0 Å². The number of primary amides is 1. The largest absolute Gasteiger partial charge is 0.365 e. The Labute approximate surface area is 233 Å². The number of aryl methyl sites for hydroxylation is 1. The van der Waals surface area contributed by atoms with Crippen LogP contribution in [0.5, 0.6) is 0 Å². The molecule has 3 aliphatic rings. The number of hydrogen-bond donors (Lipinski definition) is 2. The molecule has 6 rings (SSSR count). The fourth-order valence-electron chi connectivity index (χ4n) is 6.44. The van der Waals surface area contributed by atoms with Gasteiger partial charge in [-0.3, -0.25) is 9.59 Å². The van der Waals surface area contributed by atoms with E-state index in [0.29, 0.717) is 17.0 Å². The zero-order valence-corrected chi connectivity index (χ0v) is 22.6. The molecule has 0 aliphatic heterocycles. The number of nitrogens with zero attached hydrogens (tertiary/aromatic N) is 4. The van der Waals surface area contributed by atoms with Gasteiger partial charge in [-0.25, -0.2) is 27.1 Å². The summed E-state index contributed by atoms with van der Waals surface area (Å²) in [7, 11) is 0. The first-order valence-electron chi connectivity index (χ1n) is 14.1. The maximum Gasteiger partial charge on any atom is 0.254 e. The molecule has 3 saturated carbocycles. The van der Waals surface area contributed by atoms with Crippen LogP contribution in [0.3, 0.4) is 0 Å². The van der Waals surface area contributed by atoms with Gasteiger partial charge in [0.1, 0.15) is 5.56 Å². The van der Waals surface area contributed by atoms with Gasteiger partial charge in [0.15, 0.2) is 11.4 Å². The number of carbonyl (C=O) groups is 2. The number of aromatic nitrogens is 4. The van der Waals surface area contributed by atoms with Crippen LogP contribution in [0.15, 0.2) is 23.0 Å². The highest BCUT2D eigenvalue weighted by molar-refractivity contribution is 5.95. The second-order valence-electron chi connectivity index (χ2n) is 12.0. The first kappa shape index (κ1) is 27.6. The van der Waals surface area contributed by atoms with Crippen molar-refractivity contribution in [3.8, 4) is 0 Å². The number of rotatable bonds is 9. The van der Waals surface area contributed by atoms with Gasteiger partial charge >= 0.3 is 0 Å². The van der Waals surface area contributed by atoms with Crippen molar-refractivity contribution >= 4 is 17.5 Å². The standard InChI is InChI=1S/C28H32F4N6O3/c1-14-22(26(33)40)25(41-37-14)23(16-4-6-27(29,30)7-5-16)19-13-38-20(35-19)9-18(12-34-38)24(17-2-3-17)36-21(39)8-15-10-28(31,32)11-15/h9,12-13,15-17,23-24H,2-8,10-11H2,1H3,(H2,33,40)(H,36,39)/t23-,24+/m0/s1. The highest BCUT2D eigenvalue weighted by atomic mass is 19.3. The average molecular weight is 577 g/mol. The van der Waals surface area contributed by atoms with E-state index < -0.39 is 23.7 Å². The van der Waals surface area contributed by atoms with Gasteiger partial charge in [0.05, 0.1) is 35.7 Å². The molecule has 0 radical (unpaired) electrons. The number of halogens is 4. The van der Waals surface area contributed by atoms with Crippen molar-refractivity contribution in [2.75, 3.05) is 0 Å². The fraction of sp³-hybridized carbons (Fsp3) is 0.607. The highest BCUT2D eigenvalue weighted by Gasteiger charge is 2.46. The van der Waals surface area contributed by atoms with E-state index in [0.717, 1.165) is 18.4 Å². The molecule has 3 N–H and O–H groups in total. The predicted molar refractivity (Wildman–Crippen MR) is 137 cm³/mol. The number of alkyl halides is 4. The van der Waals surface area contributed by atoms with Crippen molar-refractivity contribution in [1.29, 1.82) is 0 Å². The van der Waals surface area contributed by atoms with E-state index >= 15 is 0 Å². The van der Waals surface area contributed by atoms with Gasteiger partial charge in [-0.2, -0.15) is 5.10 Å². The lowest BCUT2D eigenvalue weighted by Gasteiger charge is -2.34. The first-order valence-corrected chi connectivity index (χ1v) is 14.1. The molecule has 2 amide bonds. The molecule has 0 bridgehead atoms. The van der Waals surface area contributed by atoms with Crippen LogP contribution in [0.1, 0.15) is 103 Å². The van der Waals surface area contributed by atoms with Gasteiger partial charge in [0.2, 0.25) is 17.8 Å². The molecule has 3 aliphatic carbocycles. The number of hydrogen-bond acceptors (Lipinski definition) is 6. The average Bonchev–Trinajstić information content (AvgIpc) is 3.52. The molecule has 2 atom stereocenters. The number of amides is 2. The normalized spacial score (nSPS) is 22.3. The van der Waals surface area contributed by atoms with Crippen LogP contribution in [0.25, 0.3) is 5.65 Å². The van der Waals surface area contributed by atoms with Crippen molar-refractivity contribution in [3.63, 3.8) is 0 Å². The van der Waals surface area contributed by atoms with Crippen LogP contribution in [0.4, 0.5) is 17.6 Å². The van der Waals surface area contributed by atoms with Crippen molar-refractivity contribution in [2.24, 2.45) is 23.5 Å². The van der Waals surface area contributed by atoms with E-state index in [4.69, 9.17) is 15.2 Å². The Kier molecular flexibility index (Phi) is 6.80. The molecule has 3 fully saturated rings. The monoisotopic (exact) mass is 576 g/mol. The molecule has 3 heterocycles. The summed E-state index contributed by atoms with van der Waals surface area (Å²) in [4.78, 5) is 29.8. The maximum absolute atomic E-state index is 14.0. The summed E-state index contributed by atoms with van der Waals surface area (Å²) in [5, 5.41) is 11.5. The zero-order chi connectivity index (χ0) is 29.1. The topological polar surface area (TPSA) is 128 Å². The summed E-state index contributed by atoms with van der Waals surface area (Å²) in [5.41, 5.74) is 7.78. The number of nitrogens with two attached hydrogens (primary N) is 1. The molecule has 13 heteroatoms. The van der Waals surface area contributed by atoms with Crippen LogP contribution in [0.2, 0.25) is 0 Å². The second kappa shape index (κ2) is 10.1. The number of nitrogens with one attached hydrogen (secondary N) is 1. The molecular formula is C28H32F4N6O3. The molecule has 0 aromatic carbocycles. The lowest BCUT2D eigenvalue weighted by Crippen LogP contribution is -2.39. The van der Waals surface area contributed by atoms with Gasteiger partial charge in [0, 0.05) is 32.1 Å². The summed E-state index contributed by atoms with van der Waals surface area (Å²) < 4.78 is 61.6. The maximum atomic E-state index is 14.0. The second-order valence-corrected chi connectivity index (χ2v) is 12.0. The summed E-state index contributed by atoms with van der Waals surface area (Å²) in [5.74, 6) is -7.23. The van der Waals surface area contributed by atoms with E-state index in [1.165, 1.54) is 0 Å². The van der Waals surface area contributed by atoms with Crippen LogP contribution < -0.4 is 11.1 Å².